The molecule has 0 aromatic carbocycles. The molecule has 2 atom stereocenters. The largest absolute Gasteiger partial charge is 0.474 e. The number of hydrogen-bond acceptors (Lipinski definition) is 10. The van der Waals surface area contributed by atoms with Crippen LogP contribution in [0.3, 0.4) is 0 Å². The number of anilines is 2. The normalized spacial score (nSPS) is 23.2. The van der Waals surface area contributed by atoms with Crippen LogP contribution in [-0.4, -0.2) is 52.5 Å². The fourth-order valence-corrected chi connectivity index (χ4v) is 5.95. The molecule has 38 heavy (non-hydrogen) atoms. The Hall–Kier alpha value is -3.31. The minimum Gasteiger partial charge on any atom is -0.474 e. The van der Waals surface area contributed by atoms with Crippen molar-refractivity contribution in [3.05, 3.63) is 47.4 Å². The highest BCUT2D eigenvalue weighted by atomic mass is 32.2. The molecule has 0 amide bonds. The molecule has 3 aromatic heterocycles. The lowest BCUT2D eigenvalue weighted by Crippen LogP contribution is -2.42. The van der Waals surface area contributed by atoms with Crippen molar-refractivity contribution in [2.45, 2.75) is 75.9 Å². The number of nitrogens with two attached hydrogens (primary N) is 1. The van der Waals surface area contributed by atoms with E-state index in [2.05, 4.69) is 15.3 Å². The molecule has 2 aliphatic rings. The van der Waals surface area contributed by atoms with Crippen LogP contribution in [0.1, 0.15) is 80.5 Å². The van der Waals surface area contributed by atoms with Crippen LogP contribution < -0.4 is 15.8 Å². The molecule has 4 heterocycles. The number of fused-ring (bicyclic) bond motifs is 2. The minimum absolute atomic E-state index is 0.0877. The highest BCUT2D eigenvalue weighted by molar-refractivity contribution is 7.91. The molecule has 11 heteroatoms. The molecular formula is C27H33N5O5S. The van der Waals surface area contributed by atoms with Gasteiger partial charge in [-0.25, -0.2) is 28.2 Å². The smallest absolute Gasteiger partial charge is 0.340 e. The van der Waals surface area contributed by atoms with E-state index in [0.717, 1.165) is 17.4 Å². The van der Waals surface area contributed by atoms with Gasteiger partial charge in [-0.05, 0) is 49.4 Å². The van der Waals surface area contributed by atoms with Crippen molar-refractivity contribution < 1.29 is 22.7 Å². The number of hydrogen-bond donors (Lipinski definition) is 2. The first kappa shape index (κ1) is 26.3. The first-order valence-electron chi connectivity index (χ1n) is 12.8. The second-order valence-corrected chi connectivity index (χ2v) is 13.1. The summed E-state index contributed by atoms with van der Waals surface area (Å²) in [4.78, 5) is 26.2. The lowest BCUT2D eigenvalue weighted by atomic mass is 9.84. The second kappa shape index (κ2) is 9.46. The van der Waals surface area contributed by atoms with Crippen LogP contribution in [0.5, 0.6) is 5.88 Å². The fraction of sp³-hybridized carbons (Fsp3) is 0.481. The summed E-state index contributed by atoms with van der Waals surface area (Å²) in [5.41, 5.74) is 7.75. The Morgan fingerprint density at radius 3 is 2.61 bits per heavy atom. The number of ether oxygens (including phenoxy) is 2. The van der Waals surface area contributed by atoms with Gasteiger partial charge in [-0.2, -0.15) is 0 Å². The number of sulfone groups is 1. The Morgan fingerprint density at radius 2 is 1.92 bits per heavy atom. The number of aromatic nitrogens is 3. The van der Waals surface area contributed by atoms with Gasteiger partial charge >= 0.3 is 5.97 Å². The SMILES string of the molecule is CC[C@H](N)c1cnc(O[C@H]2C[C@@H](S(C)(=O)=O)C2)c2cnc(Nc3ccc4c(n3)[C@@H](C)C(C)(C)OC4=O)cc12. The van der Waals surface area contributed by atoms with E-state index in [0.29, 0.717) is 47.0 Å². The highest BCUT2D eigenvalue weighted by Gasteiger charge is 2.40. The Kier molecular flexibility index (Phi) is 6.55. The number of rotatable bonds is 7. The van der Waals surface area contributed by atoms with Gasteiger partial charge in [0.2, 0.25) is 5.88 Å². The average molecular weight is 540 g/mol. The van der Waals surface area contributed by atoms with E-state index in [9.17, 15) is 13.2 Å². The lowest BCUT2D eigenvalue weighted by Gasteiger charge is -2.36. The summed E-state index contributed by atoms with van der Waals surface area (Å²) in [5.74, 6) is 1.05. The summed E-state index contributed by atoms with van der Waals surface area (Å²) in [6.07, 6.45) is 6.04. The second-order valence-electron chi connectivity index (χ2n) is 10.8. The zero-order valence-corrected chi connectivity index (χ0v) is 23.0. The molecule has 1 aliphatic heterocycles. The first-order valence-corrected chi connectivity index (χ1v) is 14.7. The van der Waals surface area contributed by atoms with Crippen molar-refractivity contribution in [2.24, 2.45) is 5.73 Å². The number of cyclic esters (lactones) is 1. The quantitative estimate of drug-likeness (QED) is 0.419. The Bertz CT molecular complexity index is 1520. The van der Waals surface area contributed by atoms with Crippen molar-refractivity contribution in [3.8, 4) is 5.88 Å². The number of esters is 1. The maximum absolute atomic E-state index is 12.4. The highest BCUT2D eigenvalue weighted by Crippen LogP contribution is 2.39. The topological polar surface area (TPSA) is 146 Å². The number of nitrogens with zero attached hydrogens (tertiary/aromatic N) is 3. The van der Waals surface area contributed by atoms with Crippen LogP contribution in [-0.2, 0) is 14.6 Å². The summed E-state index contributed by atoms with van der Waals surface area (Å²) < 4.78 is 35.2. The van der Waals surface area contributed by atoms with Crippen LogP contribution in [0.4, 0.5) is 11.6 Å². The summed E-state index contributed by atoms with van der Waals surface area (Å²) in [6, 6.07) is 5.10. The summed E-state index contributed by atoms with van der Waals surface area (Å²) in [5, 5.41) is 4.43. The first-order chi connectivity index (χ1) is 17.9. The van der Waals surface area contributed by atoms with Crippen LogP contribution >= 0.6 is 0 Å². The van der Waals surface area contributed by atoms with Gasteiger partial charge in [0.15, 0.2) is 9.84 Å². The van der Waals surface area contributed by atoms with Crippen LogP contribution in [0.2, 0.25) is 0 Å². The molecule has 10 nitrogen and oxygen atoms in total. The van der Waals surface area contributed by atoms with Crippen LogP contribution in [0.15, 0.2) is 30.6 Å². The van der Waals surface area contributed by atoms with Gasteiger partial charge in [0.25, 0.3) is 0 Å². The van der Waals surface area contributed by atoms with E-state index in [1.165, 1.54) is 6.26 Å². The number of nitrogens with one attached hydrogen (secondary N) is 1. The van der Waals surface area contributed by atoms with E-state index in [4.69, 9.17) is 20.2 Å². The van der Waals surface area contributed by atoms with E-state index >= 15 is 0 Å². The number of pyridine rings is 3. The summed E-state index contributed by atoms with van der Waals surface area (Å²) >= 11 is 0. The number of carbonyl (C=O) groups is 1. The van der Waals surface area contributed by atoms with E-state index in [1.54, 1.807) is 24.5 Å². The monoisotopic (exact) mass is 539 g/mol. The maximum atomic E-state index is 12.4. The molecule has 1 saturated carbocycles. The molecule has 0 radical (unpaired) electrons. The molecule has 1 aliphatic carbocycles. The molecule has 202 valence electrons. The van der Waals surface area contributed by atoms with Crippen molar-refractivity contribution in [2.75, 3.05) is 11.6 Å². The van der Waals surface area contributed by atoms with Gasteiger partial charge in [-0.15, -0.1) is 0 Å². The lowest BCUT2D eigenvalue weighted by molar-refractivity contribution is -0.0189. The average Bonchev–Trinajstić information content (AvgIpc) is 2.82. The third-order valence-electron chi connectivity index (χ3n) is 7.75. The van der Waals surface area contributed by atoms with Crippen LogP contribution in [0, 0.1) is 0 Å². The molecule has 0 saturated heterocycles. The molecular weight excluding hydrogens is 506 g/mol. The molecule has 0 bridgehead atoms. The molecule has 5 rings (SSSR count). The Morgan fingerprint density at radius 1 is 1.18 bits per heavy atom. The minimum atomic E-state index is -3.08. The van der Waals surface area contributed by atoms with Gasteiger partial charge in [0, 0.05) is 43.5 Å². The maximum Gasteiger partial charge on any atom is 0.340 e. The fourth-order valence-electron chi connectivity index (χ4n) is 4.82. The van der Waals surface area contributed by atoms with Crippen molar-refractivity contribution in [1.29, 1.82) is 0 Å². The summed E-state index contributed by atoms with van der Waals surface area (Å²) in [7, 11) is -3.08. The van der Waals surface area contributed by atoms with Crippen molar-refractivity contribution in [3.63, 3.8) is 0 Å². The summed E-state index contributed by atoms with van der Waals surface area (Å²) in [6.45, 7) is 7.75. The predicted octanol–water partition coefficient (Wildman–Crippen LogP) is 4.19. The van der Waals surface area contributed by atoms with Gasteiger partial charge in [-0.1, -0.05) is 13.8 Å². The molecule has 0 spiro atoms. The van der Waals surface area contributed by atoms with E-state index in [1.807, 2.05) is 33.8 Å². The zero-order valence-electron chi connectivity index (χ0n) is 22.2. The van der Waals surface area contributed by atoms with Gasteiger partial charge in [0.1, 0.15) is 23.3 Å². The Labute approximate surface area is 222 Å². The molecule has 3 N–H and O–H groups in total. The molecule has 0 unspecified atom stereocenters. The molecule has 3 aromatic rings. The third kappa shape index (κ3) is 4.80. The van der Waals surface area contributed by atoms with Gasteiger partial charge < -0.3 is 20.5 Å². The molecule has 1 fully saturated rings. The number of carbonyl (C=O) groups excluding carboxylic acids is 1. The standard InChI is InChI=1S/C27H33N5O5S/c1-6-21(28)19-12-30-25(36-15-9-16(10-15)38(5,34)35)20-13-29-23(11-18(19)20)31-22-8-7-17-24(32-22)14(2)27(3,4)37-26(17)33/h7-8,11-16,21H,6,9-10,28H2,1-5H3,(H,29,31,32)/t14-,15-,16+,21+/m1/s1. The van der Waals surface area contributed by atoms with Gasteiger partial charge in [0.05, 0.1) is 21.9 Å². The van der Waals surface area contributed by atoms with Gasteiger partial charge in [-0.3, -0.25) is 0 Å². The Balaban J connectivity index is 1.46. The van der Waals surface area contributed by atoms with Crippen molar-refractivity contribution >= 4 is 38.2 Å². The zero-order chi connectivity index (χ0) is 27.4. The van der Waals surface area contributed by atoms with E-state index < -0.39 is 15.4 Å². The van der Waals surface area contributed by atoms with Crippen molar-refractivity contribution in [1.82, 2.24) is 15.0 Å². The van der Waals surface area contributed by atoms with E-state index in [-0.39, 0.29) is 29.3 Å². The third-order valence-corrected chi connectivity index (χ3v) is 9.35. The predicted molar refractivity (Wildman–Crippen MR) is 144 cm³/mol. The van der Waals surface area contributed by atoms with Crippen LogP contribution in [0.25, 0.3) is 10.8 Å².